The van der Waals surface area contributed by atoms with E-state index in [2.05, 4.69) is 34.1 Å². The Hall–Kier alpha value is -2.62. The van der Waals surface area contributed by atoms with Gasteiger partial charge in [0, 0.05) is 57.1 Å². The highest BCUT2D eigenvalue weighted by molar-refractivity contribution is 7.13. The number of hydrogen-bond acceptors (Lipinski definition) is 7. The van der Waals surface area contributed by atoms with Gasteiger partial charge in [-0.25, -0.2) is 9.97 Å². The summed E-state index contributed by atoms with van der Waals surface area (Å²) in [5.41, 5.74) is 2.70. The maximum absolute atomic E-state index is 13.1. The molecule has 2 saturated heterocycles. The average molecular weight is 510 g/mol. The van der Waals surface area contributed by atoms with Crippen LogP contribution in [0.3, 0.4) is 0 Å². The molecule has 4 heterocycles. The maximum atomic E-state index is 13.1. The van der Waals surface area contributed by atoms with E-state index in [9.17, 15) is 9.59 Å². The molecule has 5 rings (SSSR count). The smallest absolute Gasteiger partial charge is 0.273 e. The highest BCUT2D eigenvalue weighted by Gasteiger charge is 2.29. The van der Waals surface area contributed by atoms with E-state index in [0.29, 0.717) is 24.7 Å². The molecule has 0 saturated carbocycles. The third kappa shape index (κ3) is 5.47. The lowest BCUT2D eigenvalue weighted by Gasteiger charge is -2.34. The van der Waals surface area contributed by atoms with Crippen LogP contribution in [0.25, 0.3) is 0 Å². The van der Waals surface area contributed by atoms with Gasteiger partial charge in [-0.15, -0.1) is 22.7 Å². The minimum Gasteiger partial charge on any atom is -0.338 e. The van der Waals surface area contributed by atoms with Crippen LogP contribution in [0.15, 0.2) is 35.7 Å². The molecule has 1 aromatic carbocycles. The molecule has 2 aliphatic heterocycles. The molecular formula is C26H31N5O2S2. The molecule has 0 spiro atoms. The van der Waals surface area contributed by atoms with Crippen LogP contribution in [0, 0.1) is 13.8 Å². The molecule has 2 aliphatic rings. The molecule has 0 aliphatic carbocycles. The van der Waals surface area contributed by atoms with Gasteiger partial charge >= 0.3 is 0 Å². The molecule has 3 aromatic rings. The molecule has 2 fully saturated rings. The first kappa shape index (κ1) is 24.1. The van der Waals surface area contributed by atoms with Crippen molar-refractivity contribution in [2.75, 3.05) is 39.3 Å². The number of amides is 2. The van der Waals surface area contributed by atoms with Gasteiger partial charge in [-0.1, -0.05) is 30.3 Å². The molecular weight excluding hydrogens is 478 g/mol. The second-order valence-electron chi connectivity index (χ2n) is 9.34. The molecule has 0 radical (unpaired) electrons. The van der Waals surface area contributed by atoms with Gasteiger partial charge in [0.15, 0.2) is 0 Å². The van der Waals surface area contributed by atoms with E-state index in [4.69, 9.17) is 4.98 Å². The Morgan fingerprint density at radius 1 is 0.914 bits per heavy atom. The van der Waals surface area contributed by atoms with Gasteiger partial charge in [-0.05, 0) is 32.3 Å². The van der Waals surface area contributed by atoms with Crippen LogP contribution >= 0.6 is 22.7 Å². The minimum atomic E-state index is 0.0375. The average Bonchev–Trinajstić information content (AvgIpc) is 3.51. The number of aromatic nitrogens is 2. The Labute approximate surface area is 214 Å². The lowest BCUT2D eigenvalue weighted by molar-refractivity contribution is 0.0623. The summed E-state index contributed by atoms with van der Waals surface area (Å²) in [5.74, 6) is 0.432. The molecule has 0 atom stereocenters. The number of hydrogen-bond donors (Lipinski definition) is 0. The second-order valence-corrected chi connectivity index (χ2v) is 11.4. The Bertz CT molecular complexity index is 1180. The summed E-state index contributed by atoms with van der Waals surface area (Å²) in [6.07, 6.45) is 1.75. The monoisotopic (exact) mass is 509 g/mol. The number of carbonyl (C=O) groups excluding carboxylic acids is 2. The largest absolute Gasteiger partial charge is 0.338 e. The zero-order chi connectivity index (χ0) is 24.4. The van der Waals surface area contributed by atoms with E-state index in [-0.39, 0.29) is 11.8 Å². The third-order valence-electron chi connectivity index (χ3n) is 6.88. The standard InChI is InChI=1S/C26H31N5O2S2/c1-18-23(35-19(2)27-18)26(33)30-10-8-21(9-11-30)24-28-22(17-34-24)25(32)31-14-12-29(13-15-31)16-20-6-4-3-5-7-20/h3-7,17,21H,8-16H2,1-2H3. The number of aryl methyl sites for hydroxylation is 2. The van der Waals surface area contributed by atoms with Crippen LogP contribution in [-0.2, 0) is 6.54 Å². The van der Waals surface area contributed by atoms with Gasteiger partial charge in [0.05, 0.1) is 15.7 Å². The predicted octanol–water partition coefficient (Wildman–Crippen LogP) is 4.19. The summed E-state index contributed by atoms with van der Waals surface area (Å²) in [5, 5.41) is 3.86. The van der Waals surface area contributed by atoms with Crippen molar-refractivity contribution in [3.63, 3.8) is 0 Å². The predicted molar refractivity (Wildman–Crippen MR) is 139 cm³/mol. The first-order valence-electron chi connectivity index (χ1n) is 12.2. The Balaban J connectivity index is 1.12. The first-order valence-corrected chi connectivity index (χ1v) is 13.9. The molecule has 0 N–H and O–H groups in total. The van der Waals surface area contributed by atoms with Crippen molar-refractivity contribution < 1.29 is 9.59 Å². The zero-order valence-electron chi connectivity index (χ0n) is 20.3. The number of likely N-dealkylation sites (tertiary alicyclic amines) is 1. The number of carbonyl (C=O) groups is 2. The number of thiazole rings is 2. The van der Waals surface area contributed by atoms with Crippen LogP contribution in [0.4, 0.5) is 0 Å². The molecule has 9 heteroatoms. The number of benzene rings is 1. The van der Waals surface area contributed by atoms with E-state index in [1.165, 1.54) is 16.9 Å². The van der Waals surface area contributed by atoms with Gasteiger partial charge in [0.1, 0.15) is 10.6 Å². The van der Waals surface area contributed by atoms with Gasteiger partial charge in [0.2, 0.25) is 0 Å². The normalized spacial score (nSPS) is 17.7. The lowest BCUT2D eigenvalue weighted by atomic mass is 9.97. The minimum absolute atomic E-state index is 0.0375. The highest BCUT2D eigenvalue weighted by atomic mass is 32.1. The SMILES string of the molecule is Cc1nc(C)c(C(=O)N2CCC(c3nc(C(=O)N4CCN(Cc5ccccc5)CC4)cs3)CC2)s1. The maximum Gasteiger partial charge on any atom is 0.273 e. The number of nitrogens with zero attached hydrogens (tertiary/aromatic N) is 5. The van der Waals surface area contributed by atoms with E-state index < -0.39 is 0 Å². The Morgan fingerprint density at radius 2 is 1.60 bits per heavy atom. The van der Waals surface area contributed by atoms with Crippen molar-refractivity contribution in [3.8, 4) is 0 Å². The summed E-state index contributed by atoms with van der Waals surface area (Å²) < 4.78 is 0. The lowest BCUT2D eigenvalue weighted by Crippen LogP contribution is -2.48. The second kappa shape index (κ2) is 10.6. The molecule has 2 amide bonds. The van der Waals surface area contributed by atoms with Crippen molar-refractivity contribution in [2.45, 2.75) is 39.2 Å². The van der Waals surface area contributed by atoms with Gasteiger partial charge in [-0.2, -0.15) is 0 Å². The Morgan fingerprint density at radius 3 is 2.26 bits per heavy atom. The summed E-state index contributed by atoms with van der Waals surface area (Å²) in [7, 11) is 0. The summed E-state index contributed by atoms with van der Waals surface area (Å²) in [6.45, 7) is 9.41. The molecule has 0 bridgehead atoms. The fourth-order valence-electron chi connectivity index (χ4n) is 4.89. The van der Waals surface area contributed by atoms with Crippen LogP contribution in [0.5, 0.6) is 0 Å². The highest BCUT2D eigenvalue weighted by Crippen LogP contribution is 2.32. The van der Waals surface area contributed by atoms with E-state index in [1.807, 2.05) is 35.1 Å². The van der Waals surface area contributed by atoms with Crippen molar-refractivity contribution in [1.82, 2.24) is 24.7 Å². The van der Waals surface area contributed by atoms with E-state index in [1.54, 1.807) is 11.3 Å². The van der Waals surface area contributed by atoms with Crippen LogP contribution in [0.1, 0.15) is 60.2 Å². The summed E-state index contributed by atoms with van der Waals surface area (Å²) in [6, 6.07) is 10.5. The fraction of sp³-hybridized carbons (Fsp3) is 0.462. The van der Waals surface area contributed by atoms with E-state index >= 15 is 0 Å². The van der Waals surface area contributed by atoms with Crippen molar-refractivity contribution in [2.24, 2.45) is 0 Å². The first-order chi connectivity index (χ1) is 17.0. The van der Waals surface area contributed by atoms with E-state index in [0.717, 1.165) is 66.2 Å². The summed E-state index contributed by atoms with van der Waals surface area (Å²) >= 11 is 3.06. The summed E-state index contributed by atoms with van der Waals surface area (Å²) in [4.78, 5) is 42.1. The van der Waals surface area contributed by atoms with Crippen LogP contribution in [0.2, 0.25) is 0 Å². The van der Waals surface area contributed by atoms with Gasteiger partial charge in [0.25, 0.3) is 11.8 Å². The zero-order valence-corrected chi connectivity index (χ0v) is 21.9. The van der Waals surface area contributed by atoms with Crippen molar-refractivity contribution in [3.05, 3.63) is 67.6 Å². The topological polar surface area (TPSA) is 69.6 Å². The Kier molecular flexibility index (Phi) is 7.27. The molecule has 0 unspecified atom stereocenters. The van der Waals surface area contributed by atoms with Gasteiger partial charge < -0.3 is 9.80 Å². The van der Waals surface area contributed by atoms with Crippen LogP contribution in [-0.4, -0.2) is 75.8 Å². The fourth-order valence-corrected chi connectivity index (χ4v) is 6.74. The quantitative estimate of drug-likeness (QED) is 0.516. The molecule has 35 heavy (non-hydrogen) atoms. The number of piperidine rings is 1. The van der Waals surface area contributed by atoms with Gasteiger partial charge in [-0.3, -0.25) is 14.5 Å². The number of piperazine rings is 1. The third-order valence-corrected chi connectivity index (χ3v) is 8.95. The van der Waals surface area contributed by atoms with Crippen molar-refractivity contribution in [1.29, 1.82) is 0 Å². The van der Waals surface area contributed by atoms with Crippen molar-refractivity contribution >= 4 is 34.5 Å². The number of rotatable bonds is 5. The molecule has 7 nitrogen and oxygen atoms in total. The molecule has 2 aromatic heterocycles. The molecule has 184 valence electrons. The van der Waals surface area contributed by atoms with Crippen LogP contribution < -0.4 is 0 Å².